The van der Waals surface area contributed by atoms with Gasteiger partial charge in [0.05, 0.1) is 0 Å². The van der Waals surface area contributed by atoms with Crippen molar-refractivity contribution in [1.29, 1.82) is 5.41 Å². The molecule has 0 fully saturated rings. The van der Waals surface area contributed by atoms with Crippen LogP contribution in [0.5, 0.6) is 0 Å². The summed E-state index contributed by atoms with van der Waals surface area (Å²) >= 11 is 0. The van der Waals surface area contributed by atoms with E-state index in [0.29, 0.717) is 0 Å². The predicted octanol–water partition coefficient (Wildman–Crippen LogP) is 1.73. The van der Waals surface area contributed by atoms with E-state index in [4.69, 9.17) is 5.41 Å². The van der Waals surface area contributed by atoms with Crippen molar-refractivity contribution in [2.24, 2.45) is 5.73 Å². The van der Waals surface area contributed by atoms with Crippen LogP contribution in [0.1, 0.15) is 6.92 Å². The van der Waals surface area contributed by atoms with Gasteiger partial charge in [-0.25, -0.2) is 0 Å². The van der Waals surface area contributed by atoms with Crippen molar-refractivity contribution in [2.45, 2.75) is 13.1 Å². The van der Waals surface area contributed by atoms with Crippen LogP contribution in [0.2, 0.25) is 0 Å². The van der Waals surface area contributed by atoms with Crippen LogP contribution in [0, 0.1) is 5.41 Å². The molecule has 0 bridgehead atoms. The number of hydrogen-bond donors (Lipinski definition) is 2. The normalized spacial score (nSPS) is 14.3. The highest BCUT2D eigenvalue weighted by Crippen LogP contribution is 2.24. The van der Waals surface area contributed by atoms with Crippen LogP contribution in [0.25, 0.3) is 0 Å². The number of halogens is 4. The van der Waals surface area contributed by atoms with Crippen LogP contribution in [0.15, 0.2) is 11.3 Å². The molecule has 0 aliphatic heterocycles. The molecular formula is C5H6F4N2. The zero-order valence-corrected chi connectivity index (χ0v) is 5.59. The Morgan fingerprint density at radius 1 is 1.36 bits per heavy atom. The first-order chi connectivity index (χ1) is 4.76. The molecule has 0 saturated carbocycles. The third-order valence-corrected chi connectivity index (χ3v) is 1.04. The molecule has 0 radical (unpaired) electrons. The molecule has 0 aliphatic carbocycles. The van der Waals surface area contributed by atoms with Crippen LogP contribution in [0.3, 0.4) is 0 Å². The first kappa shape index (κ1) is 9.93. The Kier molecular flexibility index (Phi) is 2.61. The van der Waals surface area contributed by atoms with E-state index in [1.165, 1.54) is 0 Å². The van der Waals surface area contributed by atoms with Gasteiger partial charge in [-0.3, -0.25) is 5.41 Å². The van der Waals surface area contributed by atoms with E-state index in [2.05, 4.69) is 5.73 Å². The van der Waals surface area contributed by atoms with E-state index in [-0.39, 0.29) is 0 Å². The SMILES string of the molecule is CC(C(=N)F)=C(N)C(F)(F)F. The van der Waals surface area contributed by atoms with E-state index in [9.17, 15) is 17.6 Å². The van der Waals surface area contributed by atoms with Gasteiger partial charge in [0.25, 0.3) is 0 Å². The van der Waals surface area contributed by atoms with Crippen molar-refractivity contribution in [2.75, 3.05) is 0 Å². The van der Waals surface area contributed by atoms with Gasteiger partial charge in [-0.2, -0.15) is 17.6 Å². The van der Waals surface area contributed by atoms with E-state index < -0.39 is 23.4 Å². The Hall–Kier alpha value is -1.07. The molecule has 6 heteroatoms. The second-order valence-corrected chi connectivity index (χ2v) is 1.85. The van der Waals surface area contributed by atoms with Crippen LogP contribution in [0.4, 0.5) is 17.6 Å². The smallest absolute Gasteiger partial charge is 0.394 e. The largest absolute Gasteiger partial charge is 0.431 e. The maximum absolute atomic E-state index is 11.8. The molecule has 0 saturated heterocycles. The molecule has 0 rings (SSSR count). The topological polar surface area (TPSA) is 49.9 Å². The van der Waals surface area contributed by atoms with Crippen LogP contribution in [-0.4, -0.2) is 12.1 Å². The van der Waals surface area contributed by atoms with Gasteiger partial charge >= 0.3 is 6.18 Å². The Morgan fingerprint density at radius 2 is 1.73 bits per heavy atom. The maximum Gasteiger partial charge on any atom is 0.431 e. The summed E-state index contributed by atoms with van der Waals surface area (Å²) in [5.74, 6) is -1.67. The number of allylic oxidation sites excluding steroid dienone is 2. The molecule has 0 unspecified atom stereocenters. The second kappa shape index (κ2) is 2.89. The van der Waals surface area contributed by atoms with Crippen LogP contribution >= 0.6 is 0 Å². The van der Waals surface area contributed by atoms with Gasteiger partial charge < -0.3 is 5.73 Å². The molecule has 0 aliphatic rings. The lowest BCUT2D eigenvalue weighted by Crippen LogP contribution is -2.22. The van der Waals surface area contributed by atoms with Crippen molar-refractivity contribution < 1.29 is 17.6 Å². The minimum atomic E-state index is -4.76. The fourth-order valence-electron chi connectivity index (χ4n) is 0.331. The lowest BCUT2D eigenvalue weighted by molar-refractivity contribution is -0.0932. The first-order valence-corrected chi connectivity index (χ1v) is 2.54. The summed E-state index contributed by atoms with van der Waals surface area (Å²) in [6.07, 6.45) is -4.76. The monoisotopic (exact) mass is 170 g/mol. The zero-order valence-electron chi connectivity index (χ0n) is 5.59. The molecule has 0 aromatic heterocycles. The molecule has 0 aromatic rings. The van der Waals surface area contributed by atoms with Gasteiger partial charge in [-0.05, 0) is 6.92 Å². The molecule has 0 atom stereocenters. The summed E-state index contributed by atoms with van der Waals surface area (Å²) in [4.78, 5) is 0. The highest BCUT2D eigenvalue weighted by Gasteiger charge is 2.33. The lowest BCUT2D eigenvalue weighted by Gasteiger charge is -2.07. The van der Waals surface area contributed by atoms with Gasteiger partial charge in [0.1, 0.15) is 5.70 Å². The molecular weight excluding hydrogens is 164 g/mol. The zero-order chi connectivity index (χ0) is 9.23. The number of nitrogens with one attached hydrogen (secondary N) is 1. The molecule has 64 valence electrons. The molecule has 11 heavy (non-hydrogen) atoms. The van der Waals surface area contributed by atoms with Crippen LogP contribution in [-0.2, 0) is 0 Å². The average Bonchev–Trinajstić information content (AvgIpc) is 1.82. The summed E-state index contributed by atoms with van der Waals surface area (Å²) in [5.41, 5.74) is 2.01. The van der Waals surface area contributed by atoms with E-state index >= 15 is 0 Å². The standard InChI is InChI=1S/C5H6F4N2/c1-2(4(6)11)3(10)5(7,8)9/h11H,10H2,1H3. The summed E-state index contributed by atoms with van der Waals surface area (Å²) in [6, 6.07) is 0. The highest BCUT2D eigenvalue weighted by atomic mass is 19.4. The van der Waals surface area contributed by atoms with E-state index in [1.807, 2.05) is 0 Å². The lowest BCUT2D eigenvalue weighted by atomic mass is 10.2. The highest BCUT2D eigenvalue weighted by molar-refractivity contribution is 5.90. The molecule has 0 spiro atoms. The molecule has 0 aromatic carbocycles. The number of hydrogen-bond acceptors (Lipinski definition) is 2. The van der Waals surface area contributed by atoms with Crippen molar-refractivity contribution in [3.63, 3.8) is 0 Å². The molecule has 3 N–H and O–H groups in total. The second-order valence-electron chi connectivity index (χ2n) is 1.85. The van der Waals surface area contributed by atoms with Gasteiger partial charge in [0.15, 0.2) is 0 Å². The van der Waals surface area contributed by atoms with Gasteiger partial charge in [-0.15, -0.1) is 0 Å². The Bertz CT molecular complexity index is 203. The Labute approximate surface area is 60.2 Å². The average molecular weight is 170 g/mol. The molecule has 0 amide bonds. The van der Waals surface area contributed by atoms with Crippen molar-refractivity contribution in [1.82, 2.24) is 0 Å². The van der Waals surface area contributed by atoms with Crippen molar-refractivity contribution in [3.05, 3.63) is 11.3 Å². The molecule has 2 nitrogen and oxygen atoms in total. The number of alkyl halides is 3. The summed E-state index contributed by atoms with van der Waals surface area (Å²) in [7, 11) is 0. The van der Waals surface area contributed by atoms with Gasteiger partial charge in [0, 0.05) is 5.57 Å². The molecule has 0 heterocycles. The van der Waals surface area contributed by atoms with Crippen molar-refractivity contribution >= 4 is 5.97 Å². The number of rotatable bonds is 1. The minimum absolute atomic E-state index is 0.797. The van der Waals surface area contributed by atoms with Gasteiger partial charge in [-0.1, -0.05) is 0 Å². The van der Waals surface area contributed by atoms with Gasteiger partial charge in [0.2, 0.25) is 5.97 Å². The fourth-order valence-corrected chi connectivity index (χ4v) is 0.331. The maximum atomic E-state index is 11.8. The summed E-state index contributed by atoms with van der Waals surface area (Å²) < 4.78 is 46.7. The fraction of sp³-hybridized carbons (Fsp3) is 0.400. The Balaban J connectivity index is 4.82. The minimum Gasteiger partial charge on any atom is -0.394 e. The summed E-state index contributed by atoms with van der Waals surface area (Å²) in [5, 5.41) is 6.21. The van der Waals surface area contributed by atoms with E-state index in [0.717, 1.165) is 6.92 Å². The van der Waals surface area contributed by atoms with Crippen LogP contribution < -0.4 is 5.73 Å². The predicted molar refractivity (Wildman–Crippen MR) is 31.8 cm³/mol. The first-order valence-electron chi connectivity index (χ1n) is 2.54. The Morgan fingerprint density at radius 3 is 1.82 bits per heavy atom. The third kappa shape index (κ3) is 2.57. The summed E-state index contributed by atoms with van der Waals surface area (Å²) in [6.45, 7) is 0.797. The van der Waals surface area contributed by atoms with E-state index in [1.54, 1.807) is 0 Å². The quantitative estimate of drug-likeness (QED) is 0.457. The van der Waals surface area contributed by atoms with Crippen molar-refractivity contribution in [3.8, 4) is 0 Å². The number of nitrogens with two attached hydrogens (primary N) is 1. The third-order valence-electron chi connectivity index (χ3n) is 1.04.